The van der Waals surface area contributed by atoms with Gasteiger partial charge in [-0.1, -0.05) is 30.9 Å². The van der Waals surface area contributed by atoms with Gasteiger partial charge in [-0.05, 0) is 36.6 Å². The molecule has 0 aliphatic heterocycles. The van der Waals surface area contributed by atoms with Crippen molar-refractivity contribution in [1.82, 2.24) is 4.31 Å². The monoisotopic (exact) mass is 316 g/mol. The Balaban J connectivity index is 2.14. The molecule has 0 amide bonds. The van der Waals surface area contributed by atoms with Gasteiger partial charge in [0.05, 0.1) is 5.25 Å². The van der Waals surface area contributed by atoms with E-state index >= 15 is 0 Å². The third-order valence-corrected chi connectivity index (χ3v) is 6.55. The predicted octanol–water partition coefficient (Wildman–Crippen LogP) is 3.02. The van der Waals surface area contributed by atoms with Crippen molar-refractivity contribution < 1.29 is 8.42 Å². The van der Waals surface area contributed by atoms with Gasteiger partial charge in [-0.2, -0.15) is 0 Å². The molecule has 1 fully saturated rings. The topological polar surface area (TPSA) is 63.4 Å². The Hall–Kier alpha value is -0.780. The van der Waals surface area contributed by atoms with Crippen molar-refractivity contribution in [2.45, 2.75) is 43.9 Å². The molecule has 6 heteroatoms. The second-order valence-corrected chi connectivity index (χ2v) is 8.14. The molecule has 1 aliphatic rings. The summed E-state index contributed by atoms with van der Waals surface area (Å²) in [6.07, 6.45) is 4.65. The van der Waals surface area contributed by atoms with Crippen LogP contribution in [0.4, 0.5) is 5.69 Å². The zero-order valence-corrected chi connectivity index (χ0v) is 13.3. The highest BCUT2D eigenvalue weighted by molar-refractivity contribution is 7.89. The summed E-state index contributed by atoms with van der Waals surface area (Å²) in [7, 11) is -1.64. The maximum Gasteiger partial charge on any atom is 0.217 e. The van der Waals surface area contributed by atoms with Gasteiger partial charge in [0.25, 0.3) is 0 Å². The van der Waals surface area contributed by atoms with Crippen LogP contribution < -0.4 is 5.73 Å². The highest BCUT2D eigenvalue weighted by atomic mass is 35.5. The molecule has 0 atom stereocenters. The number of rotatable bonds is 4. The van der Waals surface area contributed by atoms with Gasteiger partial charge < -0.3 is 5.73 Å². The Morgan fingerprint density at radius 1 is 1.30 bits per heavy atom. The van der Waals surface area contributed by atoms with Gasteiger partial charge in [-0.3, -0.25) is 0 Å². The van der Waals surface area contributed by atoms with E-state index in [9.17, 15) is 8.42 Å². The lowest BCUT2D eigenvalue weighted by molar-refractivity contribution is 0.423. The molecule has 1 aromatic carbocycles. The Morgan fingerprint density at radius 2 is 1.95 bits per heavy atom. The highest BCUT2D eigenvalue weighted by Crippen LogP contribution is 2.27. The number of halogens is 1. The fraction of sp³-hybridized carbons (Fsp3) is 0.571. The number of nitrogens with two attached hydrogens (primary N) is 1. The molecular formula is C14H21ClN2O2S. The molecule has 0 aromatic heterocycles. The van der Waals surface area contributed by atoms with E-state index < -0.39 is 10.0 Å². The van der Waals surface area contributed by atoms with E-state index in [-0.39, 0.29) is 11.8 Å². The van der Waals surface area contributed by atoms with Crippen molar-refractivity contribution in [2.75, 3.05) is 12.8 Å². The van der Waals surface area contributed by atoms with Gasteiger partial charge in [0.2, 0.25) is 10.0 Å². The van der Waals surface area contributed by atoms with Crippen LogP contribution in [-0.4, -0.2) is 25.0 Å². The maximum absolute atomic E-state index is 12.5. The van der Waals surface area contributed by atoms with Crippen LogP contribution in [0.25, 0.3) is 0 Å². The first kappa shape index (κ1) is 15.6. The van der Waals surface area contributed by atoms with Crippen LogP contribution in [0, 0.1) is 0 Å². The lowest BCUT2D eigenvalue weighted by Gasteiger charge is -2.27. The summed E-state index contributed by atoms with van der Waals surface area (Å²) in [4.78, 5) is 0. The van der Waals surface area contributed by atoms with Crippen molar-refractivity contribution in [3.63, 3.8) is 0 Å². The van der Waals surface area contributed by atoms with E-state index in [1.807, 2.05) is 0 Å². The summed E-state index contributed by atoms with van der Waals surface area (Å²) in [5.41, 5.74) is 7.06. The molecule has 1 aliphatic carbocycles. The fourth-order valence-corrected chi connectivity index (χ4v) is 4.60. The number of nitrogen functional groups attached to an aromatic ring is 1. The standard InChI is InChI=1S/C14H21ClN2O2S/c1-17(10-11-9-12(16)7-8-14(11)15)20(18,19)13-5-3-2-4-6-13/h7-9,13H,2-6,10,16H2,1H3. The molecule has 0 bridgehead atoms. The minimum atomic E-state index is -3.26. The smallest absolute Gasteiger partial charge is 0.217 e. The van der Waals surface area contributed by atoms with E-state index in [0.717, 1.165) is 37.7 Å². The lowest BCUT2D eigenvalue weighted by Crippen LogP contribution is -2.36. The largest absolute Gasteiger partial charge is 0.399 e. The molecule has 0 heterocycles. The summed E-state index contributed by atoms with van der Waals surface area (Å²) in [5.74, 6) is 0. The molecule has 2 N–H and O–H groups in total. The third kappa shape index (κ3) is 3.45. The summed E-state index contributed by atoms with van der Waals surface area (Å²) < 4.78 is 26.5. The number of hydrogen-bond donors (Lipinski definition) is 1. The Kier molecular flexibility index (Phi) is 4.94. The number of nitrogens with zero attached hydrogens (tertiary/aromatic N) is 1. The Morgan fingerprint density at radius 3 is 2.60 bits per heavy atom. The molecular weight excluding hydrogens is 296 g/mol. The zero-order valence-electron chi connectivity index (χ0n) is 11.7. The third-order valence-electron chi connectivity index (χ3n) is 3.87. The molecule has 4 nitrogen and oxygen atoms in total. The average Bonchev–Trinajstić information content (AvgIpc) is 2.43. The maximum atomic E-state index is 12.5. The molecule has 112 valence electrons. The van der Waals surface area contributed by atoms with Gasteiger partial charge in [-0.15, -0.1) is 0 Å². The Bertz CT molecular complexity index is 569. The van der Waals surface area contributed by atoms with E-state index in [2.05, 4.69) is 0 Å². The van der Waals surface area contributed by atoms with Gasteiger partial charge in [-0.25, -0.2) is 12.7 Å². The van der Waals surface area contributed by atoms with Crippen LogP contribution in [0.2, 0.25) is 5.02 Å². The summed E-state index contributed by atoms with van der Waals surface area (Å²) in [6.45, 7) is 0.267. The van der Waals surface area contributed by atoms with Gasteiger partial charge in [0.1, 0.15) is 0 Å². The number of anilines is 1. The second kappa shape index (κ2) is 6.33. The van der Waals surface area contributed by atoms with Crippen molar-refractivity contribution >= 4 is 27.3 Å². The Labute approximate surface area is 126 Å². The molecule has 1 saturated carbocycles. The first-order chi connectivity index (χ1) is 9.41. The van der Waals surface area contributed by atoms with Gasteiger partial charge in [0.15, 0.2) is 0 Å². The van der Waals surface area contributed by atoms with E-state index in [1.165, 1.54) is 4.31 Å². The molecule has 0 saturated heterocycles. The second-order valence-electron chi connectivity index (χ2n) is 5.41. The van der Waals surface area contributed by atoms with Crippen molar-refractivity contribution in [3.8, 4) is 0 Å². The zero-order chi connectivity index (χ0) is 14.8. The quantitative estimate of drug-likeness (QED) is 0.868. The minimum Gasteiger partial charge on any atom is -0.399 e. The molecule has 1 aromatic rings. The lowest BCUT2D eigenvalue weighted by atomic mass is 10.0. The van der Waals surface area contributed by atoms with Crippen molar-refractivity contribution in [1.29, 1.82) is 0 Å². The minimum absolute atomic E-state index is 0.249. The molecule has 2 rings (SSSR count). The predicted molar refractivity (Wildman–Crippen MR) is 83.1 cm³/mol. The molecule has 0 unspecified atom stereocenters. The summed E-state index contributed by atoms with van der Waals surface area (Å²) in [6, 6.07) is 5.14. The van der Waals surface area contributed by atoms with E-state index in [0.29, 0.717) is 10.7 Å². The van der Waals surface area contributed by atoms with Crippen molar-refractivity contribution in [2.24, 2.45) is 0 Å². The highest BCUT2D eigenvalue weighted by Gasteiger charge is 2.31. The van der Waals surface area contributed by atoms with E-state index in [1.54, 1.807) is 25.2 Å². The number of sulfonamides is 1. The fourth-order valence-electron chi connectivity index (χ4n) is 2.66. The van der Waals surface area contributed by atoms with E-state index in [4.69, 9.17) is 17.3 Å². The summed E-state index contributed by atoms with van der Waals surface area (Å²) >= 11 is 6.10. The van der Waals surface area contributed by atoms with Crippen molar-refractivity contribution in [3.05, 3.63) is 28.8 Å². The van der Waals surface area contributed by atoms with Crippen LogP contribution in [0.1, 0.15) is 37.7 Å². The van der Waals surface area contributed by atoms with Crippen LogP contribution in [0.3, 0.4) is 0 Å². The SMILES string of the molecule is CN(Cc1cc(N)ccc1Cl)S(=O)(=O)C1CCCCC1. The van der Waals surface area contributed by atoms with Gasteiger partial charge >= 0.3 is 0 Å². The molecule has 20 heavy (non-hydrogen) atoms. The first-order valence-electron chi connectivity index (χ1n) is 6.90. The molecule has 0 radical (unpaired) electrons. The first-order valence-corrected chi connectivity index (χ1v) is 8.78. The number of benzene rings is 1. The van der Waals surface area contributed by atoms with Crippen LogP contribution in [0.5, 0.6) is 0 Å². The normalized spacial score (nSPS) is 17.6. The number of hydrogen-bond acceptors (Lipinski definition) is 3. The van der Waals surface area contributed by atoms with Crippen LogP contribution in [-0.2, 0) is 16.6 Å². The van der Waals surface area contributed by atoms with Crippen LogP contribution >= 0.6 is 11.6 Å². The summed E-state index contributed by atoms with van der Waals surface area (Å²) in [5, 5.41) is 0.297. The average molecular weight is 317 g/mol. The molecule has 0 spiro atoms. The van der Waals surface area contributed by atoms with Gasteiger partial charge in [0, 0.05) is 24.3 Å². The van der Waals surface area contributed by atoms with Crippen LogP contribution in [0.15, 0.2) is 18.2 Å².